The predicted molar refractivity (Wildman–Crippen MR) is 212 cm³/mol. The normalized spacial score (nSPS) is 17.4. The van der Waals surface area contributed by atoms with Crippen molar-refractivity contribution >= 4 is 34.5 Å². The van der Waals surface area contributed by atoms with Gasteiger partial charge in [0.25, 0.3) is 0 Å². The van der Waals surface area contributed by atoms with Crippen molar-refractivity contribution in [2.45, 2.75) is 88.7 Å². The van der Waals surface area contributed by atoms with Gasteiger partial charge in [0, 0.05) is 11.0 Å². The van der Waals surface area contributed by atoms with Crippen molar-refractivity contribution in [1.82, 2.24) is 4.90 Å². The maximum Gasteiger partial charge on any atom is 0.329 e. The quantitative estimate of drug-likeness (QED) is 0.0618. The lowest BCUT2D eigenvalue weighted by Gasteiger charge is -2.40. The van der Waals surface area contributed by atoms with E-state index in [0.29, 0.717) is 66.7 Å². The van der Waals surface area contributed by atoms with E-state index in [0.717, 1.165) is 66.9 Å². The number of halogens is 1. The molecule has 1 amide bonds. The monoisotopic (exact) mass is 843 g/mol. The van der Waals surface area contributed by atoms with Crippen LogP contribution in [-0.4, -0.2) is 73.9 Å². The SMILES string of the molecule is COc1ccc(CCC(OC(=O)[C@H]2CCCCN2C(=O)C(c2cc(OC)c(OCCCI)c(OC)c2)C2CCCCC2)c2cccc(O)c2)cc1OC. The van der Waals surface area contributed by atoms with Crippen LogP contribution in [0.3, 0.4) is 0 Å². The summed E-state index contributed by atoms with van der Waals surface area (Å²) < 4.78 is 36.0. The predicted octanol–water partition coefficient (Wildman–Crippen LogP) is 8.59. The molecule has 2 unspecified atom stereocenters. The molecule has 0 aromatic heterocycles. The van der Waals surface area contributed by atoms with Gasteiger partial charge in [-0.2, -0.15) is 0 Å². The minimum Gasteiger partial charge on any atom is -0.508 e. The molecule has 0 spiro atoms. The number of phenols is 1. The zero-order valence-corrected chi connectivity index (χ0v) is 33.6. The number of esters is 1. The molecule has 0 bridgehead atoms. The summed E-state index contributed by atoms with van der Waals surface area (Å²) in [6.45, 7) is 0.992. The molecule has 3 atom stereocenters. The maximum absolute atomic E-state index is 15.0. The van der Waals surface area contributed by atoms with Gasteiger partial charge >= 0.3 is 5.97 Å². The van der Waals surface area contributed by atoms with Gasteiger partial charge in [-0.3, -0.25) is 4.79 Å². The number of alkyl halides is 1. The van der Waals surface area contributed by atoms with E-state index in [1.54, 1.807) is 51.5 Å². The summed E-state index contributed by atoms with van der Waals surface area (Å²) in [5, 5.41) is 10.4. The number of aromatic hydroxyl groups is 1. The number of likely N-dealkylation sites (tertiary alicyclic amines) is 1. The molecule has 0 radical (unpaired) electrons. The first-order chi connectivity index (χ1) is 25.8. The van der Waals surface area contributed by atoms with Crippen LogP contribution in [0.25, 0.3) is 0 Å². The van der Waals surface area contributed by atoms with E-state index >= 15 is 0 Å². The first-order valence-electron chi connectivity index (χ1n) is 18.8. The summed E-state index contributed by atoms with van der Waals surface area (Å²) >= 11 is 2.32. The zero-order valence-electron chi connectivity index (χ0n) is 31.4. The van der Waals surface area contributed by atoms with E-state index in [2.05, 4.69) is 22.6 Å². The fourth-order valence-corrected chi connectivity index (χ4v) is 8.04. The molecule has 1 N–H and O–H groups in total. The van der Waals surface area contributed by atoms with Crippen LogP contribution < -0.4 is 23.7 Å². The molecular formula is C42H54INO9. The summed E-state index contributed by atoms with van der Waals surface area (Å²) in [5.41, 5.74) is 2.48. The van der Waals surface area contributed by atoms with E-state index < -0.39 is 24.0 Å². The van der Waals surface area contributed by atoms with Crippen LogP contribution in [0, 0.1) is 5.92 Å². The molecule has 3 aromatic rings. The standard InChI is InChI=1S/C42H54INO9/c1-48-35-20-18-28(24-36(35)49-2)17-19-34(30-14-10-15-32(45)25-30)53-42(47)33-16-8-9-22-44(33)41(46)39(29-12-6-5-7-13-29)31-26-37(50-3)40(38(27-31)51-4)52-23-11-21-43/h10,14-15,18,20,24-27,29,33-34,39,45H,5-9,11-13,16-17,19,21-23H2,1-4H3/t33-,34?,39?/m1/s1. The van der Waals surface area contributed by atoms with Gasteiger partial charge in [-0.15, -0.1) is 0 Å². The Hall–Kier alpha value is -3.87. The van der Waals surface area contributed by atoms with E-state index in [-0.39, 0.29) is 17.6 Å². The number of aryl methyl sites for hydroxylation is 1. The van der Waals surface area contributed by atoms with Crippen molar-refractivity contribution in [3.05, 3.63) is 71.3 Å². The lowest BCUT2D eigenvalue weighted by Crippen LogP contribution is -2.51. The molecule has 1 saturated heterocycles. The van der Waals surface area contributed by atoms with Crippen LogP contribution in [0.1, 0.15) is 92.9 Å². The number of phenolic OH excluding ortho intramolecular Hbond substituents is 1. The topological polar surface area (TPSA) is 113 Å². The number of carbonyl (C=O) groups excluding carboxylic acids is 2. The van der Waals surface area contributed by atoms with Crippen LogP contribution in [0.2, 0.25) is 0 Å². The third-order valence-corrected chi connectivity index (χ3v) is 11.2. The highest BCUT2D eigenvalue weighted by atomic mass is 127. The fourth-order valence-electron chi connectivity index (χ4n) is 7.73. The molecule has 3 aromatic carbocycles. The summed E-state index contributed by atoms with van der Waals surface area (Å²) in [4.78, 5) is 31.1. The lowest BCUT2D eigenvalue weighted by molar-refractivity contribution is -0.163. The Kier molecular flexibility index (Phi) is 15.2. The van der Waals surface area contributed by atoms with Gasteiger partial charge in [-0.1, -0.05) is 60.1 Å². The first-order valence-corrected chi connectivity index (χ1v) is 20.3. The lowest BCUT2D eigenvalue weighted by atomic mass is 9.75. The van der Waals surface area contributed by atoms with Gasteiger partial charge in [0.1, 0.15) is 17.9 Å². The van der Waals surface area contributed by atoms with Crippen molar-refractivity contribution < 1.29 is 43.1 Å². The maximum atomic E-state index is 15.0. The molecule has 11 heteroatoms. The van der Waals surface area contributed by atoms with Crippen LogP contribution in [0.4, 0.5) is 0 Å². The Morgan fingerprint density at radius 1 is 0.811 bits per heavy atom. The summed E-state index contributed by atoms with van der Waals surface area (Å²) in [7, 11) is 6.40. The van der Waals surface area contributed by atoms with Crippen LogP contribution in [0.15, 0.2) is 54.6 Å². The second-order valence-corrected chi connectivity index (χ2v) is 14.9. The first kappa shape index (κ1) is 40.3. The molecule has 2 fully saturated rings. The van der Waals surface area contributed by atoms with Crippen molar-refractivity contribution in [2.24, 2.45) is 5.92 Å². The zero-order chi connectivity index (χ0) is 37.7. The Balaban J connectivity index is 1.43. The Labute approximate surface area is 327 Å². The second-order valence-electron chi connectivity index (χ2n) is 13.8. The molecule has 53 heavy (non-hydrogen) atoms. The number of ether oxygens (including phenoxy) is 6. The summed E-state index contributed by atoms with van der Waals surface area (Å²) in [6, 6.07) is 15.7. The molecule has 1 aliphatic carbocycles. The molecular weight excluding hydrogens is 789 g/mol. The molecule has 1 aliphatic heterocycles. The average molecular weight is 844 g/mol. The van der Waals surface area contributed by atoms with Crippen LogP contribution >= 0.6 is 22.6 Å². The van der Waals surface area contributed by atoms with Crippen molar-refractivity contribution in [2.75, 3.05) is 46.0 Å². The van der Waals surface area contributed by atoms with Gasteiger partial charge in [0.15, 0.2) is 23.0 Å². The van der Waals surface area contributed by atoms with E-state index in [1.807, 2.05) is 36.4 Å². The average Bonchev–Trinajstić information content (AvgIpc) is 3.19. The summed E-state index contributed by atoms with van der Waals surface area (Å²) in [5.74, 6) is 2.05. The molecule has 1 heterocycles. The molecule has 2 aliphatic rings. The van der Waals surface area contributed by atoms with Gasteiger partial charge < -0.3 is 38.4 Å². The molecule has 288 valence electrons. The second kappa shape index (κ2) is 20.0. The van der Waals surface area contributed by atoms with E-state index in [1.165, 1.54) is 0 Å². The smallest absolute Gasteiger partial charge is 0.329 e. The highest BCUT2D eigenvalue weighted by Gasteiger charge is 2.41. The molecule has 5 rings (SSSR count). The number of nitrogens with zero attached hydrogens (tertiary/aromatic N) is 1. The van der Waals surface area contributed by atoms with E-state index in [9.17, 15) is 14.7 Å². The minimum absolute atomic E-state index is 0.0690. The Morgan fingerprint density at radius 2 is 1.51 bits per heavy atom. The molecule has 1 saturated carbocycles. The van der Waals surface area contributed by atoms with Crippen LogP contribution in [0.5, 0.6) is 34.5 Å². The number of benzene rings is 3. The summed E-state index contributed by atoms with van der Waals surface area (Å²) in [6.07, 6.45) is 8.50. The highest BCUT2D eigenvalue weighted by molar-refractivity contribution is 14.1. The van der Waals surface area contributed by atoms with Crippen LogP contribution in [-0.2, 0) is 20.7 Å². The van der Waals surface area contributed by atoms with Gasteiger partial charge in [0.05, 0.1) is 41.0 Å². The number of amides is 1. The fraction of sp³-hybridized carbons (Fsp3) is 0.524. The van der Waals surface area contributed by atoms with E-state index in [4.69, 9.17) is 28.4 Å². The number of hydrogen-bond donors (Lipinski definition) is 1. The highest BCUT2D eigenvalue weighted by Crippen LogP contribution is 2.45. The molecule has 10 nitrogen and oxygen atoms in total. The van der Waals surface area contributed by atoms with Gasteiger partial charge in [-0.25, -0.2) is 4.79 Å². The Bertz CT molecular complexity index is 1630. The van der Waals surface area contributed by atoms with Crippen molar-refractivity contribution in [3.8, 4) is 34.5 Å². The van der Waals surface area contributed by atoms with Gasteiger partial charge in [-0.05, 0) is 110 Å². The largest absolute Gasteiger partial charge is 0.508 e. The minimum atomic E-state index is -0.733. The third kappa shape index (κ3) is 10.2. The van der Waals surface area contributed by atoms with Crippen molar-refractivity contribution in [3.63, 3.8) is 0 Å². The number of piperidine rings is 1. The number of rotatable bonds is 17. The van der Waals surface area contributed by atoms with Gasteiger partial charge in [0.2, 0.25) is 11.7 Å². The number of hydrogen-bond acceptors (Lipinski definition) is 9. The Morgan fingerprint density at radius 3 is 2.17 bits per heavy atom. The number of methoxy groups -OCH3 is 4. The number of carbonyl (C=O) groups is 2. The van der Waals surface area contributed by atoms with Crippen molar-refractivity contribution in [1.29, 1.82) is 0 Å². The third-order valence-electron chi connectivity index (χ3n) is 10.5.